The van der Waals surface area contributed by atoms with Crippen LogP contribution in [-0.2, 0) is 18.2 Å². The van der Waals surface area contributed by atoms with Gasteiger partial charge in [0.2, 0.25) is 0 Å². The molecule has 0 aliphatic heterocycles. The lowest BCUT2D eigenvalue weighted by Gasteiger charge is -2.17. The summed E-state index contributed by atoms with van der Waals surface area (Å²) in [5.41, 5.74) is -3.62. The first-order valence-corrected chi connectivity index (χ1v) is 5.71. The molecule has 0 fully saturated rings. The Kier molecular flexibility index (Phi) is 4.23. The van der Waals surface area contributed by atoms with Crippen LogP contribution in [0, 0.1) is 3.57 Å². The summed E-state index contributed by atoms with van der Waals surface area (Å²) in [6, 6.07) is 1.29. The monoisotopic (exact) mass is 388 g/mol. The lowest BCUT2D eigenvalue weighted by atomic mass is 10.0. The normalized spacial score (nSPS) is 12.9. The van der Waals surface area contributed by atoms with E-state index in [4.69, 9.17) is 11.6 Å². The second-order valence-electron chi connectivity index (χ2n) is 3.11. The molecule has 8 heteroatoms. The SMILES string of the molecule is FC(F)(F)c1cc(I)cc(C(F)(F)F)c1CCl. The van der Waals surface area contributed by atoms with Crippen molar-refractivity contribution in [2.24, 2.45) is 0 Å². The fraction of sp³-hybridized carbons (Fsp3) is 0.333. The summed E-state index contributed by atoms with van der Waals surface area (Å²) in [5.74, 6) is -0.847. The van der Waals surface area contributed by atoms with Crippen molar-refractivity contribution in [1.29, 1.82) is 0 Å². The lowest BCUT2D eigenvalue weighted by molar-refractivity contribution is -0.144. The van der Waals surface area contributed by atoms with Gasteiger partial charge in [-0.15, -0.1) is 11.6 Å². The Bertz CT molecular complexity index is 387. The summed E-state index contributed by atoms with van der Waals surface area (Å²) in [5, 5.41) is 0. The van der Waals surface area contributed by atoms with Crippen molar-refractivity contribution < 1.29 is 26.3 Å². The number of benzene rings is 1. The molecule has 1 rings (SSSR count). The molecule has 1 aromatic rings. The minimum Gasteiger partial charge on any atom is -0.166 e. The molecule has 0 saturated carbocycles. The largest absolute Gasteiger partial charge is 0.416 e. The lowest BCUT2D eigenvalue weighted by Crippen LogP contribution is -2.16. The number of halogens is 8. The van der Waals surface area contributed by atoms with Crippen molar-refractivity contribution in [2.75, 3.05) is 0 Å². The van der Waals surface area contributed by atoms with Gasteiger partial charge in [0.1, 0.15) is 0 Å². The summed E-state index contributed by atoms with van der Waals surface area (Å²) in [4.78, 5) is 0. The van der Waals surface area contributed by atoms with Gasteiger partial charge in [-0.3, -0.25) is 0 Å². The predicted molar refractivity (Wildman–Crippen MR) is 58.7 cm³/mol. The zero-order valence-electron chi connectivity index (χ0n) is 7.89. The standard InChI is InChI=1S/C9H4ClF6I/c10-3-5-6(8(11,12)13)1-4(17)2-7(5)9(14,15)16/h1-2H,3H2. The van der Waals surface area contributed by atoms with E-state index in [9.17, 15) is 26.3 Å². The van der Waals surface area contributed by atoms with Crippen LogP contribution in [0.2, 0.25) is 0 Å². The minimum atomic E-state index is -4.86. The van der Waals surface area contributed by atoms with E-state index in [1.54, 1.807) is 0 Å². The number of hydrogen-bond acceptors (Lipinski definition) is 0. The molecule has 0 spiro atoms. The average Bonchev–Trinajstić information content (AvgIpc) is 2.13. The maximum absolute atomic E-state index is 12.6. The Morgan fingerprint density at radius 1 is 0.941 bits per heavy atom. The van der Waals surface area contributed by atoms with E-state index in [0.717, 1.165) is 0 Å². The van der Waals surface area contributed by atoms with E-state index in [0.29, 0.717) is 12.1 Å². The van der Waals surface area contributed by atoms with Gasteiger partial charge in [0, 0.05) is 9.45 Å². The van der Waals surface area contributed by atoms with Gasteiger partial charge in [-0.05, 0) is 40.3 Å². The highest BCUT2D eigenvalue weighted by Gasteiger charge is 2.40. The Morgan fingerprint density at radius 2 is 1.29 bits per heavy atom. The third kappa shape index (κ3) is 3.40. The third-order valence-electron chi connectivity index (χ3n) is 1.96. The van der Waals surface area contributed by atoms with E-state index in [2.05, 4.69) is 0 Å². The zero-order chi connectivity index (χ0) is 13.4. The first-order chi connectivity index (χ1) is 7.57. The summed E-state index contributed by atoms with van der Waals surface area (Å²) in [7, 11) is 0. The van der Waals surface area contributed by atoms with Crippen LogP contribution in [0.5, 0.6) is 0 Å². The van der Waals surface area contributed by atoms with Crippen LogP contribution in [0.1, 0.15) is 16.7 Å². The van der Waals surface area contributed by atoms with Gasteiger partial charge in [-0.2, -0.15) is 26.3 Å². The highest BCUT2D eigenvalue weighted by Crippen LogP contribution is 2.41. The molecule has 0 aliphatic rings. The molecule has 0 unspecified atom stereocenters. The molecule has 0 saturated heterocycles. The second-order valence-corrected chi connectivity index (χ2v) is 4.62. The van der Waals surface area contributed by atoms with Crippen molar-refractivity contribution in [1.82, 2.24) is 0 Å². The molecule has 17 heavy (non-hydrogen) atoms. The Morgan fingerprint density at radius 3 is 1.53 bits per heavy atom. The van der Waals surface area contributed by atoms with Crippen LogP contribution in [0.3, 0.4) is 0 Å². The molecule has 0 N–H and O–H groups in total. The second kappa shape index (κ2) is 4.83. The van der Waals surface area contributed by atoms with E-state index in [1.807, 2.05) is 0 Å². The average molecular weight is 388 g/mol. The van der Waals surface area contributed by atoms with Gasteiger partial charge in [0.05, 0.1) is 11.1 Å². The van der Waals surface area contributed by atoms with Crippen molar-refractivity contribution in [3.8, 4) is 0 Å². The van der Waals surface area contributed by atoms with Gasteiger partial charge in [0.25, 0.3) is 0 Å². The molecular formula is C9H4ClF6I. The molecule has 1 aromatic carbocycles. The van der Waals surface area contributed by atoms with Crippen LogP contribution < -0.4 is 0 Å². The van der Waals surface area contributed by atoms with Crippen LogP contribution in [0.25, 0.3) is 0 Å². The molecule has 0 heterocycles. The van der Waals surface area contributed by atoms with Crippen molar-refractivity contribution in [3.05, 3.63) is 32.4 Å². The van der Waals surface area contributed by atoms with Crippen molar-refractivity contribution in [2.45, 2.75) is 18.2 Å². The number of hydrogen-bond donors (Lipinski definition) is 0. The number of alkyl halides is 7. The van der Waals surface area contributed by atoms with E-state index in [1.165, 1.54) is 22.6 Å². The van der Waals surface area contributed by atoms with Crippen LogP contribution in [0.15, 0.2) is 12.1 Å². The van der Waals surface area contributed by atoms with Gasteiger partial charge in [-0.25, -0.2) is 0 Å². The minimum absolute atomic E-state index is 0.142. The van der Waals surface area contributed by atoms with Crippen LogP contribution in [-0.4, -0.2) is 0 Å². The quantitative estimate of drug-likeness (QED) is 0.358. The molecule has 0 amide bonds. The van der Waals surface area contributed by atoms with Gasteiger partial charge in [0.15, 0.2) is 0 Å². The van der Waals surface area contributed by atoms with E-state index < -0.39 is 34.9 Å². The van der Waals surface area contributed by atoms with Gasteiger partial charge in [-0.1, -0.05) is 0 Å². The summed E-state index contributed by atoms with van der Waals surface area (Å²) in [6.45, 7) is 0. The van der Waals surface area contributed by atoms with Gasteiger partial charge < -0.3 is 0 Å². The van der Waals surface area contributed by atoms with Crippen LogP contribution >= 0.6 is 34.2 Å². The van der Waals surface area contributed by atoms with Crippen molar-refractivity contribution >= 4 is 34.2 Å². The molecule has 0 nitrogen and oxygen atoms in total. The smallest absolute Gasteiger partial charge is 0.166 e. The summed E-state index contributed by atoms with van der Waals surface area (Å²) < 4.78 is 75.2. The summed E-state index contributed by atoms with van der Waals surface area (Å²) in [6.07, 6.45) is -9.71. The highest BCUT2D eigenvalue weighted by atomic mass is 127. The number of rotatable bonds is 1. The fourth-order valence-corrected chi connectivity index (χ4v) is 2.20. The van der Waals surface area contributed by atoms with Crippen molar-refractivity contribution in [3.63, 3.8) is 0 Å². The fourth-order valence-electron chi connectivity index (χ4n) is 1.29. The predicted octanol–water partition coefficient (Wildman–Crippen LogP) is 5.07. The third-order valence-corrected chi connectivity index (χ3v) is 2.85. The molecule has 0 aromatic heterocycles. The summed E-state index contributed by atoms with van der Waals surface area (Å²) >= 11 is 6.60. The molecule has 0 atom stereocenters. The van der Waals surface area contributed by atoms with E-state index in [-0.39, 0.29) is 3.57 Å². The molecule has 96 valence electrons. The maximum Gasteiger partial charge on any atom is 0.416 e. The Hall–Kier alpha value is -0.180. The van der Waals surface area contributed by atoms with E-state index >= 15 is 0 Å². The van der Waals surface area contributed by atoms with Crippen LogP contribution in [0.4, 0.5) is 26.3 Å². The topological polar surface area (TPSA) is 0 Å². The Balaban J connectivity index is 3.58. The first kappa shape index (κ1) is 14.9. The Labute approximate surface area is 111 Å². The maximum atomic E-state index is 12.6. The molecule has 0 radical (unpaired) electrons. The first-order valence-electron chi connectivity index (χ1n) is 4.10. The zero-order valence-corrected chi connectivity index (χ0v) is 10.8. The molecular weight excluding hydrogens is 384 g/mol. The van der Waals surface area contributed by atoms with Gasteiger partial charge >= 0.3 is 12.4 Å². The highest BCUT2D eigenvalue weighted by molar-refractivity contribution is 14.1. The molecule has 0 aliphatic carbocycles. The molecule has 0 bridgehead atoms.